The number of aromatic hydroxyl groups is 1. The van der Waals surface area contributed by atoms with Gasteiger partial charge in [0.25, 0.3) is 0 Å². The van der Waals surface area contributed by atoms with Gasteiger partial charge in [0.05, 0.1) is 17.8 Å². The zero-order valence-electron chi connectivity index (χ0n) is 19.1. The molecular formula is C25H30ClN3O3. The van der Waals surface area contributed by atoms with Crippen LogP contribution in [-0.4, -0.2) is 27.0 Å². The van der Waals surface area contributed by atoms with Crippen molar-refractivity contribution in [3.8, 4) is 22.9 Å². The van der Waals surface area contributed by atoms with Crippen LogP contribution in [0, 0.1) is 5.41 Å². The lowest BCUT2D eigenvalue weighted by molar-refractivity contribution is 0.289. The summed E-state index contributed by atoms with van der Waals surface area (Å²) in [5, 5.41) is 15.3. The van der Waals surface area contributed by atoms with Crippen LogP contribution in [0.4, 0.5) is 0 Å². The summed E-state index contributed by atoms with van der Waals surface area (Å²) in [4.78, 5) is 4.37. The van der Waals surface area contributed by atoms with Crippen molar-refractivity contribution in [1.82, 2.24) is 14.8 Å². The predicted octanol–water partition coefficient (Wildman–Crippen LogP) is 6.44. The average molecular weight is 456 g/mol. The molecule has 32 heavy (non-hydrogen) atoms. The van der Waals surface area contributed by atoms with Crippen molar-refractivity contribution in [3.63, 3.8) is 0 Å². The molecule has 7 heteroatoms. The van der Waals surface area contributed by atoms with E-state index in [1.807, 2.05) is 24.3 Å². The summed E-state index contributed by atoms with van der Waals surface area (Å²) < 4.78 is 12.5. The molecule has 0 spiro atoms. The van der Waals surface area contributed by atoms with E-state index in [9.17, 15) is 5.11 Å². The highest BCUT2D eigenvalue weighted by Crippen LogP contribution is 2.37. The summed E-state index contributed by atoms with van der Waals surface area (Å²) in [5.41, 5.74) is 2.70. The fourth-order valence-corrected chi connectivity index (χ4v) is 3.47. The van der Waals surface area contributed by atoms with Crippen molar-refractivity contribution in [3.05, 3.63) is 65.7 Å². The van der Waals surface area contributed by atoms with Crippen molar-refractivity contribution < 1.29 is 14.6 Å². The third-order valence-electron chi connectivity index (χ3n) is 5.03. The van der Waals surface area contributed by atoms with Gasteiger partial charge < -0.3 is 14.6 Å². The molecule has 3 aromatic rings. The van der Waals surface area contributed by atoms with Crippen molar-refractivity contribution in [2.75, 3.05) is 7.11 Å². The van der Waals surface area contributed by atoms with Gasteiger partial charge in [-0.2, -0.15) is 0 Å². The lowest BCUT2D eigenvalue weighted by atomic mass is 9.89. The average Bonchev–Trinajstić information content (AvgIpc) is 3.23. The fraction of sp³-hybridized carbons (Fsp3) is 0.360. The monoisotopic (exact) mass is 455 g/mol. The Morgan fingerprint density at radius 1 is 1.19 bits per heavy atom. The third kappa shape index (κ3) is 6.26. The quantitative estimate of drug-likeness (QED) is 0.401. The highest BCUT2D eigenvalue weighted by Gasteiger charge is 2.15. The minimum absolute atomic E-state index is 0.0675. The molecule has 1 N–H and O–H groups in total. The second kappa shape index (κ2) is 10.1. The molecule has 0 amide bonds. The number of nitrogens with zero attached hydrogens (tertiary/aromatic N) is 3. The lowest BCUT2D eigenvalue weighted by Crippen LogP contribution is -2.04. The van der Waals surface area contributed by atoms with Crippen molar-refractivity contribution in [2.24, 2.45) is 5.41 Å². The zero-order valence-corrected chi connectivity index (χ0v) is 19.8. The number of hydrogen-bond donors (Lipinski definition) is 1. The number of phenols is 1. The summed E-state index contributed by atoms with van der Waals surface area (Å²) in [5.74, 6) is 1.51. The van der Waals surface area contributed by atoms with E-state index in [1.54, 1.807) is 30.3 Å². The van der Waals surface area contributed by atoms with Gasteiger partial charge >= 0.3 is 0 Å². The first-order valence-corrected chi connectivity index (χ1v) is 10.9. The first kappa shape index (κ1) is 23.7. The maximum atomic E-state index is 10.5. The normalized spacial score (nSPS) is 11.4. The molecule has 0 atom stereocenters. The van der Waals surface area contributed by atoms with Crippen LogP contribution < -0.4 is 9.47 Å². The van der Waals surface area contributed by atoms with Crippen molar-refractivity contribution >= 4 is 17.2 Å². The number of rotatable bonds is 9. The molecule has 0 aliphatic heterocycles. The Bertz CT molecular complexity index is 1050. The van der Waals surface area contributed by atoms with Gasteiger partial charge in [0.2, 0.25) is 0 Å². The van der Waals surface area contributed by atoms with Gasteiger partial charge in [0.15, 0.2) is 17.3 Å². The molecule has 0 aliphatic carbocycles. The number of benzene rings is 2. The Morgan fingerprint density at radius 2 is 1.91 bits per heavy atom. The van der Waals surface area contributed by atoms with Crippen LogP contribution in [0.5, 0.6) is 17.2 Å². The standard InChI is InChI=1S/C25H30ClN3O3/c1-17(7-6-12-25(2,3)4)24-27-16-29(28-24)19-13-21(26)23(22(30)14-19)32-15-18-8-10-20(31-5)11-9-18/h8-11,13-14,16,30H,1,6-7,12,15H2,2-5H3. The molecule has 0 radical (unpaired) electrons. The maximum absolute atomic E-state index is 10.5. The van der Waals surface area contributed by atoms with E-state index in [2.05, 4.69) is 37.4 Å². The molecule has 0 saturated carbocycles. The van der Waals surface area contributed by atoms with E-state index in [0.29, 0.717) is 16.9 Å². The van der Waals surface area contributed by atoms with Crippen LogP contribution >= 0.6 is 11.6 Å². The minimum atomic E-state index is -0.0675. The minimum Gasteiger partial charge on any atom is -0.504 e. The van der Waals surface area contributed by atoms with Crippen LogP contribution in [0.2, 0.25) is 5.02 Å². The number of halogens is 1. The highest BCUT2D eigenvalue weighted by atomic mass is 35.5. The Balaban J connectivity index is 1.67. The molecule has 0 saturated heterocycles. The van der Waals surface area contributed by atoms with Gasteiger partial charge in [-0.3, -0.25) is 0 Å². The molecule has 170 valence electrons. The van der Waals surface area contributed by atoms with Crippen LogP contribution in [0.25, 0.3) is 11.3 Å². The van der Waals surface area contributed by atoms with Gasteiger partial charge in [0, 0.05) is 6.07 Å². The summed E-state index contributed by atoms with van der Waals surface area (Å²) in [6.45, 7) is 11.1. The third-order valence-corrected chi connectivity index (χ3v) is 5.31. The number of ether oxygens (including phenoxy) is 2. The van der Waals surface area contributed by atoms with E-state index < -0.39 is 0 Å². The van der Waals surface area contributed by atoms with Gasteiger partial charge in [-0.1, -0.05) is 51.1 Å². The van der Waals surface area contributed by atoms with Gasteiger partial charge in [-0.15, -0.1) is 5.10 Å². The van der Waals surface area contributed by atoms with Crippen LogP contribution in [0.15, 0.2) is 49.3 Å². The summed E-state index contributed by atoms with van der Waals surface area (Å²) in [6.07, 6.45) is 4.57. The molecule has 1 heterocycles. The molecule has 0 fully saturated rings. The van der Waals surface area contributed by atoms with E-state index in [0.717, 1.165) is 36.1 Å². The molecule has 0 bridgehead atoms. The van der Waals surface area contributed by atoms with Crippen molar-refractivity contribution in [2.45, 2.75) is 46.6 Å². The van der Waals surface area contributed by atoms with Gasteiger partial charge in [0.1, 0.15) is 18.7 Å². The number of phenolic OH excluding ortho intramolecular Hbond substituents is 1. The zero-order chi connectivity index (χ0) is 23.3. The van der Waals surface area contributed by atoms with Crippen LogP contribution in [-0.2, 0) is 6.61 Å². The largest absolute Gasteiger partial charge is 0.504 e. The Hall–Kier alpha value is -2.99. The number of allylic oxidation sites excluding steroid dienone is 1. The second-order valence-corrected chi connectivity index (χ2v) is 9.35. The summed E-state index contributed by atoms with van der Waals surface area (Å²) in [7, 11) is 1.62. The lowest BCUT2D eigenvalue weighted by Gasteiger charge is -2.17. The van der Waals surface area contributed by atoms with E-state index in [1.165, 1.54) is 0 Å². The maximum Gasteiger partial charge on any atom is 0.180 e. The molecule has 6 nitrogen and oxygen atoms in total. The van der Waals surface area contributed by atoms with Crippen LogP contribution in [0.3, 0.4) is 0 Å². The van der Waals surface area contributed by atoms with Gasteiger partial charge in [-0.05, 0) is 54.0 Å². The molecule has 3 rings (SSSR count). The smallest absolute Gasteiger partial charge is 0.180 e. The molecule has 0 aliphatic rings. The Labute approximate surface area is 194 Å². The summed E-state index contributed by atoms with van der Waals surface area (Å²) >= 11 is 6.39. The topological polar surface area (TPSA) is 69.4 Å². The molecule has 1 aromatic heterocycles. The molecular weight excluding hydrogens is 426 g/mol. The predicted molar refractivity (Wildman–Crippen MR) is 128 cm³/mol. The van der Waals surface area contributed by atoms with Crippen LogP contribution in [0.1, 0.15) is 51.4 Å². The number of aromatic nitrogens is 3. The molecule has 2 aromatic carbocycles. The first-order chi connectivity index (χ1) is 15.2. The first-order valence-electron chi connectivity index (χ1n) is 10.5. The fourth-order valence-electron chi connectivity index (χ4n) is 3.21. The SMILES string of the molecule is C=C(CCCC(C)(C)C)c1ncn(-c2cc(O)c(OCc3ccc(OC)cc3)c(Cl)c2)n1. The van der Waals surface area contributed by atoms with Crippen molar-refractivity contribution in [1.29, 1.82) is 0 Å². The number of methoxy groups -OCH3 is 1. The van der Waals surface area contributed by atoms with E-state index in [4.69, 9.17) is 21.1 Å². The summed E-state index contributed by atoms with van der Waals surface area (Å²) in [6, 6.07) is 10.7. The Morgan fingerprint density at radius 3 is 2.53 bits per heavy atom. The highest BCUT2D eigenvalue weighted by molar-refractivity contribution is 6.32. The number of hydrogen-bond acceptors (Lipinski definition) is 5. The Kier molecular flexibility index (Phi) is 7.46. The molecule has 0 unspecified atom stereocenters. The van der Waals surface area contributed by atoms with E-state index in [-0.39, 0.29) is 23.1 Å². The van der Waals surface area contributed by atoms with E-state index >= 15 is 0 Å². The second-order valence-electron chi connectivity index (χ2n) is 8.94. The van der Waals surface area contributed by atoms with Gasteiger partial charge in [-0.25, -0.2) is 9.67 Å².